The maximum Gasteiger partial charge on any atom is 0.265 e. The molecule has 2 aromatic rings. The van der Waals surface area contributed by atoms with Gasteiger partial charge in [-0.05, 0) is 33.0 Å². The van der Waals surface area contributed by atoms with Crippen LogP contribution in [-0.4, -0.2) is 46.5 Å². The first-order chi connectivity index (χ1) is 11.0. The highest BCUT2D eigenvalue weighted by Crippen LogP contribution is 2.20. The van der Waals surface area contributed by atoms with Crippen molar-refractivity contribution in [2.45, 2.75) is 27.2 Å². The Bertz CT molecular complexity index is 744. The molecular weight excluding hydrogens is 296 g/mol. The number of carbonyl (C=O) groups is 1. The number of aromatic nitrogens is 2. The van der Waals surface area contributed by atoms with Crippen LogP contribution in [0.15, 0.2) is 15.5 Å². The molecule has 126 valence electrons. The zero-order chi connectivity index (χ0) is 17.0. The highest BCUT2D eigenvalue weighted by Gasteiger charge is 2.22. The van der Waals surface area contributed by atoms with E-state index in [-0.39, 0.29) is 28.1 Å². The van der Waals surface area contributed by atoms with Crippen LogP contribution in [-0.2, 0) is 7.05 Å². The second-order valence-corrected chi connectivity index (χ2v) is 5.51. The summed E-state index contributed by atoms with van der Waals surface area (Å²) in [6, 6.07) is 0. The fourth-order valence-electron chi connectivity index (χ4n) is 2.59. The summed E-state index contributed by atoms with van der Waals surface area (Å²) >= 11 is 0. The largest absolute Gasteiger partial charge is 0.442 e. The maximum atomic E-state index is 12.4. The molecule has 2 rings (SSSR count). The molecule has 0 aliphatic heterocycles. The Morgan fingerprint density at radius 3 is 2.74 bits per heavy atom. The summed E-state index contributed by atoms with van der Waals surface area (Å²) in [6.07, 6.45) is 2.25. The lowest BCUT2D eigenvalue weighted by Gasteiger charge is -2.17. The van der Waals surface area contributed by atoms with Crippen LogP contribution in [0.2, 0.25) is 0 Å². The zero-order valence-electron chi connectivity index (χ0n) is 14.2. The predicted molar refractivity (Wildman–Crippen MR) is 88.7 cm³/mol. The van der Waals surface area contributed by atoms with E-state index >= 15 is 0 Å². The van der Waals surface area contributed by atoms with Crippen molar-refractivity contribution in [3.8, 4) is 0 Å². The summed E-state index contributed by atoms with van der Waals surface area (Å²) in [5.74, 6) is 0.128. The topological polar surface area (TPSA) is 80.4 Å². The van der Waals surface area contributed by atoms with Crippen LogP contribution in [0.1, 0.15) is 36.4 Å². The molecule has 23 heavy (non-hydrogen) atoms. The molecule has 0 aromatic carbocycles. The van der Waals surface area contributed by atoms with Crippen LogP contribution in [0.4, 0.5) is 0 Å². The van der Waals surface area contributed by atoms with E-state index in [2.05, 4.69) is 29.0 Å². The molecule has 0 aliphatic rings. The van der Waals surface area contributed by atoms with Crippen molar-refractivity contribution >= 4 is 17.0 Å². The standard InChI is InChI=1S/C16H24N4O3/c1-5-20(6-2)9-7-8-17-14(21)12-11(3)23-15-13(12)16(22)19(4)10-18-15/h10H,5-9H2,1-4H3,(H,17,21). The molecule has 0 radical (unpaired) electrons. The van der Waals surface area contributed by atoms with E-state index in [1.165, 1.54) is 10.9 Å². The Morgan fingerprint density at radius 1 is 1.39 bits per heavy atom. The van der Waals surface area contributed by atoms with Gasteiger partial charge >= 0.3 is 0 Å². The summed E-state index contributed by atoms with van der Waals surface area (Å²) < 4.78 is 6.78. The van der Waals surface area contributed by atoms with E-state index in [1.807, 2.05) is 0 Å². The van der Waals surface area contributed by atoms with Crippen molar-refractivity contribution in [3.05, 3.63) is 28.0 Å². The SMILES string of the molecule is CCN(CC)CCCNC(=O)c1c(C)oc2ncn(C)c(=O)c12. The molecule has 0 bridgehead atoms. The minimum absolute atomic E-state index is 0.207. The number of fused-ring (bicyclic) bond motifs is 1. The molecule has 0 atom stereocenters. The van der Waals surface area contributed by atoms with Gasteiger partial charge in [0.15, 0.2) is 0 Å². The normalized spacial score (nSPS) is 11.3. The molecule has 2 aromatic heterocycles. The number of nitrogens with zero attached hydrogens (tertiary/aromatic N) is 3. The first-order valence-electron chi connectivity index (χ1n) is 7.94. The third-order valence-electron chi connectivity index (χ3n) is 4.01. The number of rotatable bonds is 7. The predicted octanol–water partition coefficient (Wildman–Crippen LogP) is 1.30. The molecule has 1 N–H and O–H groups in total. The first-order valence-corrected chi connectivity index (χ1v) is 7.94. The number of carbonyl (C=O) groups excluding carboxylic acids is 1. The van der Waals surface area contributed by atoms with Crippen molar-refractivity contribution < 1.29 is 9.21 Å². The summed E-state index contributed by atoms with van der Waals surface area (Å²) in [6.45, 7) is 9.39. The monoisotopic (exact) mass is 320 g/mol. The molecule has 0 saturated carbocycles. The summed E-state index contributed by atoms with van der Waals surface area (Å²) in [7, 11) is 1.60. The van der Waals surface area contributed by atoms with E-state index in [1.54, 1.807) is 14.0 Å². The number of hydrogen-bond donors (Lipinski definition) is 1. The lowest BCUT2D eigenvalue weighted by atomic mass is 10.1. The second-order valence-electron chi connectivity index (χ2n) is 5.51. The lowest BCUT2D eigenvalue weighted by molar-refractivity contribution is 0.0951. The number of nitrogens with one attached hydrogen (secondary N) is 1. The van der Waals surface area contributed by atoms with E-state index < -0.39 is 0 Å². The van der Waals surface area contributed by atoms with Crippen LogP contribution in [0.25, 0.3) is 11.1 Å². The van der Waals surface area contributed by atoms with Gasteiger partial charge in [0, 0.05) is 13.6 Å². The molecule has 0 aliphatic carbocycles. The van der Waals surface area contributed by atoms with Crippen molar-refractivity contribution in [2.75, 3.05) is 26.2 Å². The van der Waals surface area contributed by atoms with Gasteiger partial charge < -0.3 is 19.2 Å². The first kappa shape index (κ1) is 17.2. The van der Waals surface area contributed by atoms with Crippen LogP contribution in [0, 0.1) is 6.92 Å². The van der Waals surface area contributed by atoms with Gasteiger partial charge in [-0.15, -0.1) is 0 Å². The summed E-state index contributed by atoms with van der Waals surface area (Å²) in [5.41, 5.74) is 0.218. The number of aryl methyl sites for hydroxylation is 2. The van der Waals surface area contributed by atoms with Gasteiger partial charge in [0.1, 0.15) is 17.5 Å². The van der Waals surface area contributed by atoms with Crippen LogP contribution < -0.4 is 10.9 Å². The molecule has 7 heteroatoms. The number of furan rings is 1. The maximum absolute atomic E-state index is 12.4. The summed E-state index contributed by atoms with van der Waals surface area (Å²) in [5, 5.41) is 3.11. The quantitative estimate of drug-likeness (QED) is 0.778. The molecular formula is C16H24N4O3. The minimum Gasteiger partial charge on any atom is -0.442 e. The van der Waals surface area contributed by atoms with Gasteiger partial charge in [-0.2, -0.15) is 0 Å². The Morgan fingerprint density at radius 2 is 2.09 bits per heavy atom. The summed E-state index contributed by atoms with van der Waals surface area (Å²) in [4.78, 5) is 31.0. The van der Waals surface area contributed by atoms with Crippen LogP contribution in [0.3, 0.4) is 0 Å². The third kappa shape index (κ3) is 3.61. The van der Waals surface area contributed by atoms with Gasteiger partial charge in [-0.1, -0.05) is 13.8 Å². The Kier molecular flexibility index (Phi) is 5.54. The average molecular weight is 320 g/mol. The van der Waals surface area contributed by atoms with E-state index in [0.29, 0.717) is 12.3 Å². The average Bonchev–Trinajstić information content (AvgIpc) is 2.88. The fourth-order valence-corrected chi connectivity index (χ4v) is 2.59. The lowest BCUT2D eigenvalue weighted by Crippen LogP contribution is -2.30. The van der Waals surface area contributed by atoms with Crippen molar-refractivity contribution in [3.63, 3.8) is 0 Å². The molecule has 7 nitrogen and oxygen atoms in total. The molecule has 1 amide bonds. The number of amides is 1. The van der Waals surface area contributed by atoms with E-state index in [4.69, 9.17) is 4.42 Å². The highest BCUT2D eigenvalue weighted by molar-refractivity contribution is 6.06. The second kappa shape index (κ2) is 7.41. The zero-order valence-corrected chi connectivity index (χ0v) is 14.2. The van der Waals surface area contributed by atoms with Gasteiger partial charge in [0.05, 0.1) is 5.56 Å². The molecule has 0 unspecified atom stereocenters. The van der Waals surface area contributed by atoms with Gasteiger partial charge in [0.2, 0.25) is 5.71 Å². The Hall–Kier alpha value is -2.15. The van der Waals surface area contributed by atoms with Crippen LogP contribution >= 0.6 is 0 Å². The Balaban J connectivity index is 2.11. The Labute approximate surface area is 135 Å². The molecule has 0 spiro atoms. The smallest absolute Gasteiger partial charge is 0.265 e. The van der Waals surface area contributed by atoms with Crippen molar-refractivity contribution in [2.24, 2.45) is 7.05 Å². The van der Waals surface area contributed by atoms with Crippen molar-refractivity contribution in [1.29, 1.82) is 0 Å². The van der Waals surface area contributed by atoms with Crippen LogP contribution in [0.5, 0.6) is 0 Å². The molecule has 2 heterocycles. The molecule has 0 fully saturated rings. The highest BCUT2D eigenvalue weighted by atomic mass is 16.3. The third-order valence-corrected chi connectivity index (χ3v) is 4.01. The van der Waals surface area contributed by atoms with E-state index in [0.717, 1.165) is 26.1 Å². The van der Waals surface area contributed by atoms with E-state index in [9.17, 15) is 9.59 Å². The van der Waals surface area contributed by atoms with Gasteiger partial charge in [-0.25, -0.2) is 4.98 Å². The minimum atomic E-state index is -0.286. The van der Waals surface area contributed by atoms with Gasteiger partial charge in [-0.3, -0.25) is 9.59 Å². The number of hydrogen-bond acceptors (Lipinski definition) is 5. The van der Waals surface area contributed by atoms with Crippen molar-refractivity contribution in [1.82, 2.24) is 19.8 Å². The fraction of sp³-hybridized carbons (Fsp3) is 0.562. The van der Waals surface area contributed by atoms with Gasteiger partial charge in [0.25, 0.3) is 11.5 Å². The molecule has 0 saturated heterocycles.